The van der Waals surface area contributed by atoms with E-state index in [9.17, 15) is 4.79 Å². The molecule has 0 aliphatic carbocycles. The van der Waals surface area contributed by atoms with Crippen molar-refractivity contribution in [2.24, 2.45) is 7.05 Å². The summed E-state index contributed by atoms with van der Waals surface area (Å²) in [7, 11) is 3.29. The van der Waals surface area contributed by atoms with Crippen LogP contribution in [0.1, 0.15) is 11.4 Å². The Morgan fingerprint density at radius 1 is 1.50 bits per heavy atom. The van der Waals surface area contributed by atoms with Crippen molar-refractivity contribution in [3.05, 3.63) is 29.6 Å². The summed E-state index contributed by atoms with van der Waals surface area (Å²) in [5.41, 5.74) is 3.11. The highest BCUT2D eigenvalue weighted by atomic mass is 16.5. The highest BCUT2D eigenvalue weighted by molar-refractivity contribution is 5.79. The second-order valence-electron chi connectivity index (χ2n) is 3.83. The average molecular weight is 218 g/mol. The summed E-state index contributed by atoms with van der Waals surface area (Å²) in [6, 6.07) is 6.06. The fourth-order valence-electron chi connectivity index (χ4n) is 1.72. The maximum Gasteiger partial charge on any atom is 0.313 e. The van der Waals surface area contributed by atoms with Gasteiger partial charge in [0.2, 0.25) is 0 Å². The molecule has 0 bridgehead atoms. The SMILES string of the molecule is COC(=O)Cc1nc2cc(C)ccc2n1C. The Labute approximate surface area is 93.9 Å². The van der Waals surface area contributed by atoms with Gasteiger partial charge in [-0.1, -0.05) is 6.07 Å². The van der Waals surface area contributed by atoms with Crippen molar-refractivity contribution in [3.63, 3.8) is 0 Å². The summed E-state index contributed by atoms with van der Waals surface area (Å²) in [5, 5.41) is 0. The number of imidazole rings is 1. The van der Waals surface area contributed by atoms with Crippen molar-refractivity contribution in [2.45, 2.75) is 13.3 Å². The molecule has 0 aliphatic heterocycles. The van der Waals surface area contributed by atoms with Crippen molar-refractivity contribution in [2.75, 3.05) is 7.11 Å². The first-order valence-corrected chi connectivity index (χ1v) is 5.10. The Kier molecular flexibility index (Phi) is 2.64. The third kappa shape index (κ3) is 1.78. The monoisotopic (exact) mass is 218 g/mol. The molecule has 0 radical (unpaired) electrons. The van der Waals surface area contributed by atoms with Crippen molar-refractivity contribution >= 4 is 17.0 Å². The van der Waals surface area contributed by atoms with Gasteiger partial charge in [-0.2, -0.15) is 0 Å². The molecule has 0 atom stereocenters. The first kappa shape index (κ1) is 10.7. The van der Waals surface area contributed by atoms with Gasteiger partial charge in [-0.15, -0.1) is 0 Å². The van der Waals surface area contributed by atoms with Gasteiger partial charge in [-0.25, -0.2) is 4.98 Å². The predicted octanol–water partition coefficient (Wildman–Crippen LogP) is 1.60. The number of carbonyl (C=O) groups excluding carboxylic acids is 1. The Morgan fingerprint density at radius 3 is 2.94 bits per heavy atom. The van der Waals surface area contributed by atoms with Crippen LogP contribution in [0.25, 0.3) is 11.0 Å². The molecule has 0 amide bonds. The van der Waals surface area contributed by atoms with Crippen LogP contribution in [-0.4, -0.2) is 22.6 Å². The van der Waals surface area contributed by atoms with Crippen LogP contribution in [0.5, 0.6) is 0 Å². The van der Waals surface area contributed by atoms with Crippen LogP contribution < -0.4 is 0 Å². The second-order valence-corrected chi connectivity index (χ2v) is 3.83. The van der Waals surface area contributed by atoms with Gasteiger partial charge in [-0.05, 0) is 24.6 Å². The van der Waals surface area contributed by atoms with E-state index >= 15 is 0 Å². The van der Waals surface area contributed by atoms with Gasteiger partial charge in [0, 0.05) is 7.05 Å². The number of fused-ring (bicyclic) bond motifs is 1. The summed E-state index contributed by atoms with van der Waals surface area (Å²) >= 11 is 0. The molecule has 0 unspecified atom stereocenters. The number of esters is 1. The minimum Gasteiger partial charge on any atom is -0.469 e. The van der Waals surface area contributed by atoms with Crippen molar-refractivity contribution in [3.8, 4) is 0 Å². The van der Waals surface area contributed by atoms with Crippen molar-refractivity contribution < 1.29 is 9.53 Å². The summed E-state index contributed by atoms with van der Waals surface area (Å²) in [4.78, 5) is 15.6. The minimum atomic E-state index is -0.268. The zero-order valence-corrected chi connectivity index (χ0v) is 9.65. The number of ether oxygens (including phenoxy) is 1. The summed E-state index contributed by atoms with van der Waals surface area (Å²) in [6.07, 6.45) is 0.209. The number of benzene rings is 1. The molecule has 0 aliphatic rings. The first-order chi connectivity index (χ1) is 7.61. The number of methoxy groups -OCH3 is 1. The number of carbonyl (C=O) groups is 1. The molecular formula is C12H14N2O2. The quantitative estimate of drug-likeness (QED) is 0.719. The first-order valence-electron chi connectivity index (χ1n) is 5.10. The van der Waals surface area contributed by atoms with Gasteiger partial charge in [-0.3, -0.25) is 4.79 Å². The van der Waals surface area contributed by atoms with E-state index in [0.29, 0.717) is 0 Å². The van der Waals surface area contributed by atoms with Gasteiger partial charge in [0.25, 0.3) is 0 Å². The Morgan fingerprint density at radius 2 is 2.25 bits per heavy atom. The van der Waals surface area contributed by atoms with E-state index in [1.165, 1.54) is 7.11 Å². The van der Waals surface area contributed by atoms with Crippen LogP contribution in [-0.2, 0) is 23.0 Å². The third-order valence-electron chi connectivity index (χ3n) is 2.66. The Hall–Kier alpha value is -1.84. The molecule has 16 heavy (non-hydrogen) atoms. The van der Waals surface area contributed by atoms with E-state index in [1.807, 2.05) is 36.7 Å². The molecule has 0 saturated heterocycles. The Balaban J connectivity index is 2.47. The van der Waals surface area contributed by atoms with Crippen LogP contribution in [0, 0.1) is 6.92 Å². The molecule has 0 saturated carbocycles. The highest BCUT2D eigenvalue weighted by Gasteiger charge is 2.11. The van der Waals surface area contributed by atoms with Gasteiger partial charge in [0.15, 0.2) is 0 Å². The minimum absolute atomic E-state index is 0.209. The van der Waals surface area contributed by atoms with Crippen LogP contribution in [0.4, 0.5) is 0 Å². The lowest BCUT2D eigenvalue weighted by Crippen LogP contribution is -2.09. The molecular weight excluding hydrogens is 204 g/mol. The molecule has 0 fully saturated rings. The van der Waals surface area contributed by atoms with Crippen molar-refractivity contribution in [1.29, 1.82) is 0 Å². The van der Waals surface area contributed by atoms with Crippen LogP contribution >= 0.6 is 0 Å². The highest BCUT2D eigenvalue weighted by Crippen LogP contribution is 2.16. The van der Waals surface area contributed by atoms with E-state index in [2.05, 4.69) is 9.72 Å². The van der Waals surface area contributed by atoms with Crippen LogP contribution in [0.15, 0.2) is 18.2 Å². The number of nitrogens with zero attached hydrogens (tertiary/aromatic N) is 2. The van der Waals surface area contributed by atoms with Gasteiger partial charge < -0.3 is 9.30 Å². The van der Waals surface area contributed by atoms with Crippen LogP contribution in [0.3, 0.4) is 0 Å². The molecule has 0 spiro atoms. The zero-order chi connectivity index (χ0) is 11.7. The van der Waals surface area contributed by atoms with E-state index < -0.39 is 0 Å². The number of rotatable bonds is 2. The molecule has 4 heteroatoms. The molecule has 2 aromatic rings. The largest absolute Gasteiger partial charge is 0.469 e. The smallest absolute Gasteiger partial charge is 0.313 e. The molecule has 4 nitrogen and oxygen atoms in total. The lowest BCUT2D eigenvalue weighted by molar-refractivity contribution is -0.139. The topological polar surface area (TPSA) is 44.1 Å². The second kappa shape index (κ2) is 3.96. The lowest BCUT2D eigenvalue weighted by atomic mass is 10.2. The molecule has 84 valence electrons. The van der Waals surface area contributed by atoms with E-state index in [1.54, 1.807) is 0 Å². The standard InChI is InChI=1S/C12H14N2O2/c1-8-4-5-10-9(6-8)13-11(14(10)2)7-12(15)16-3/h4-6H,7H2,1-3H3. The number of hydrogen-bond donors (Lipinski definition) is 0. The number of aryl methyl sites for hydroxylation is 2. The number of aromatic nitrogens is 2. The summed E-state index contributed by atoms with van der Waals surface area (Å²) in [5.74, 6) is 0.461. The molecule has 0 N–H and O–H groups in total. The molecule has 1 aromatic heterocycles. The average Bonchev–Trinajstić information content (AvgIpc) is 2.55. The molecule has 2 rings (SSSR count). The van der Waals surface area contributed by atoms with Crippen molar-refractivity contribution in [1.82, 2.24) is 9.55 Å². The maximum atomic E-state index is 11.2. The predicted molar refractivity (Wildman–Crippen MR) is 61.2 cm³/mol. The maximum absolute atomic E-state index is 11.2. The van der Waals surface area contributed by atoms with Gasteiger partial charge in [0.1, 0.15) is 12.2 Å². The molecule has 1 heterocycles. The Bertz CT molecular complexity index is 543. The van der Waals surface area contributed by atoms with E-state index in [-0.39, 0.29) is 12.4 Å². The number of hydrogen-bond acceptors (Lipinski definition) is 3. The van der Waals surface area contributed by atoms with E-state index in [4.69, 9.17) is 0 Å². The van der Waals surface area contributed by atoms with E-state index in [0.717, 1.165) is 22.4 Å². The molecule has 1 aromatic carbocycles. The van der Waals surface area contributed by atoms with Gasteiger partial charge in [0.05, 0.1) is 18.1 Å². The van der Waals surface area contributed by atoms with Gasteiger partial charge >= 0.3 is 5.97 Å². The normalized spacial score (nSPS) is 10.7. The fraction of sp³-hybridized carbons (Fsp3) is 0.333. The summed E-state index contributed by atoms with van der Waals surface area (Å²) < 4.78 is 6.56. The fourth-order valence-corrected chi connectivity index (χ4v) is 1.72. The van der Waals surface area contributed by atoms with Crippen LogP contribution in [0.2, 0.25) is 0 Å². The zero-order valence-electron chi connectivity index (χ0n) is 9.65. The third-order valence-corrected chi connectivity index (χ3v) is 2.66. The summed E-state index contributed by atoms with van der Waals surface area (Å²) in [6.45, 7) is 2.02. The lowest BCUT2D eigenvalue weighted by Gasteiger charge is -2.00.